The summed E-state index contributed by atoms with van der Waals surface area (Å²) in [5.41, 5.74) is 1.56. The van der Waals surface area contributed by atoms with Gasteiger partial charge in [-0.2, -0.15) is 5.10 Å². The lowest BCUT2D eigenvalue weighted by molar-refractivity contribution is -0.384. The van der Waals surface area contributed by atoms with Crippen LogP contribution in [0.5, 0.6) is 0 Å². The molecule has 1 aromatic carbocycles. The number of nitrogens with zero attached hydrogens (tertiary/aromatic N) is 4. The van der Waals surface area contributed by atoms with Gasteiger partial charge in [0, 0.05) is 18.1 Å². The number of rotatable bonds is 3. The monoisotopic (exact) mass is 380 g/mol. The summed E-state index contributed by atoms with van der Waals surface area (Å²) in [6.45, 7) is 3.34. The SMILES string of the molecule is Cc1nn(C)c(N2CCOC(c3ccc(Br)cc3)C2)c1[N+](=O)[O-]. The van der Waals surface area contributed by atoms with Gasteiger partial charge in [-0.25, -0.2) is 4.68 Å². The molecule has 8 heteroatoms. The highest BCUT2D eigenvalue weighted by Gasteiger charge is 2.32. The normalized spacial score (nSPS) is 18.2. The van der Waals surface area contributed by atoms with Crippen LogP contribution in [0.3, 0.4) is 0 Å². The first kappa shape index (κ1) is 15.9. The van der Waals surface area contributed by atoms with Crippen molar-refractivity contribution in [3.05, 3.63) is 50.1 Å². The molecule has 1 unspecified atom stereocenters. The number of ether oxygens (including phenoxy) is 1. The van der Waals surface area contributed by atoms with E-state index in [2.05, 4.69) is 21.0 Å². The first-order chi connectivity index (χ1) is 11.0. The highest BCUT2D eigenvalue weighted by molar-refractivity contribution is 9.10. The van der Waals surface area contributed by atoms with Gasteiger partial charge in [0.15, 0.2) is 0 Å². The van der Waals surface area contributed by atoms with Crippen molar-refractivity contribution in [2.45, 2.75) is 13.0 Å². The molecule has 0 spiro atoms. The van der Waals surface area contributed by atoms with Crippen molar-refractivity contribution >= 4 is 27.4 Å². The van der Waals surface area contributed by atoms with Gasteiger partial charge >= 0.3 is 5.69 Å². The number of hydrogen-bond donors (Lipinski definition) is 0. The van der Waals surface area contributed by atoms with Crippen LogP contribution in [0.15, 0.2) is 28.7 Å². The third-order valence-corrected chi connectivity index (χ3v) is 4.48. The van der Waals surface area contributed by atoms with Gasteiger partial charge in [0.05, 0.1) is 18.1 Å². The van der Waals surface area contributed by atoms with E-state index in [1.807, 2.05) is 29.2 Å². The van der Waals surface area contributed by atoms with Gasteiger partial charge in [0.25, 0.3) is 0 Å². The lowest BCUT2D eigenvalue weighted by Crippen LogP contribution is -2.39. The van der Waals surface area contributed by atoms with Crippen LogP contribution < -0.4 is 4.90 Å². The van der Waals surface area contributed by atoms with Gasteiger partial charge in [-0.1, -0.05) is 28.1 Å². The van der Waals surface area contributed by atoms with E-state index in [0.29, 0.717) is 31.2 Å². The Morgan fingerprint density at radius 1 is 1.39 bits per heavy atom. The van der Waals surface area contributed by atoms with E-state index in [9.17, 15) is 10.1 Å². The summed E-state index contributed by atoms with van der Waals surface area (Å²) in [5.74, 6) is 0.540. The Balaban J connectivity index is 1.90. The highest BCUT2D eigenvalue weighted by atomic mass is 79.9. The van der Waals surface area contributed by atoms with E-state index in [1.165, 1.54) is 0 Å². The van der Waals surface area contributed by atoms with Crippen molar-refractivity contribution in [1.82, 2.24) is 9.78 Å². The van der Waals surface area contributed by atoms with Crippen LogP contribution in [0.1, 0.15) is 17.4 Å². The summed E-state index contributed by atoms with van der Waals surface area (Å²) in [7, 11) is 1.74. The summed E-state index contributed by atoms with van der Waals surface area (Å²) < 4.78 is 8.43. The van der Waals surface area contributed by atoms with Crippen LogP contribution in [0.2, 0.25) is 0 Å². The molecule has 1 aliphatic heterocycles. The zero-order valence-electron chi connectivity index (χ0n) is 12.9. The third kappa shape index (κ3) is 3.09. The molecule has 1 aromatic heterocycles. The van der Waals surface area contributed by atoms with Crippen LogP contribution in [0.4, 0.5) is 11.5 Å². The number of anilines is 1. The minimum absolute atomic E-state index is 0.0731. The number of nitro groups is 1. The summed E-state index contributed by atoms with van der Waals surface area (Å²) in [6, 6.07) is 7.94. The molecule has 3 rings (SSSR count). The molecule has 0 aliphatic carbocycles. The molecule has 2 aromatic rings. The van der Waals surface area contributed by atoms with Gasteiger partial charge in [0.2, 0.25) is 5.82 Å². The summed E-state index contributed by atoms with van der Waals surface area (Å²) in [5, 5.41) is 15.6. The van der Waals surface area contributed by atoms with Gasteiger partial charge in [-0.15, -0.1) is 0 Å². The summed E-state index contributed by atoms with van der Waals surface area (Å²) >= 11 is 3.42. The number of aryl methyl sites for hydroxylation is 2. The predicted octanol–water partition coefficient (Wildman–Crippen LogP) is 2.98. The fraction of sp³-hybridized carbons (Fsp3) is 0.400. The largest absolute Gasteiger partial charge is 0.370 e. The minimum Gasteiger partial charge on any atom is -0.370 e. The maximum atomic E-state index is 11.4. The average molecular weight is 381 g/mol. The second-order valence-corrected chi connectivity index (χ2v) is 6.41. The molecule has 1 saturated heterocycles. The van der Waals surface area contributed by atoms with Crippen molar-refractivity contribution in [1.29, 1.82) is 0 Å². The minimum atomic E-state index is -0.359. The number of benzene rings is 1. The van der Waals surface area contributed by atoms with Crippen LogP contribution in [0.25, 0.3) is 0 Å². The summed E-state index contributed by atoms with van der Waals surface area (Å²) in [6.07, 6.45) is -0.119. The lowest BCUT2D eigenvalue weighted by atomic mass is 10.1. The number of halogens is 1. The van der Waals surface area contributed by atoms with Crippen molar-refractivity contribution in [3.8, 4) is 0 Å². The molecule has 1 atom stereocenters. The Labute approximate surface area is 142 Å². The molecular weight excluding hydrogens is 364 g/mol. The highest BCUT2D eigenvalue weighted by Crippen LogP contribution is 2.34. The molecule has 23 heavy (non-hydrogen) atoms. The average Bonchev–Trinajstić information content (AvgIpc) is 2.82. The number of aromatic nitrogens is 2. The van der Waals surface area contributed by atoms with Gasteiger partial charge in [-0.3, -0.25) is 10.1 Å². The Hall–Kier alpha value is -1.93. The van der Waals surface area contributed by atoms with Gasteiger partial charge < -0.3 is 9.64 Å². The maximum Gasteiger partial charge on any atom is 0.333 e. The quantitative estimate of drug-likeness (QED) is 0.604. The molecular formula is C15H17BrN4O3. The van der Waals surface area contributed by atoms with Crippen LogP contribution >= 0.6 is 15.9 Å². The second-order valence-electron chi connectivity index (χ2n) is 5.50. The predicted molar refractivity (Wildman–Crippen MR) is 89.6 cm³/mol. The van der Waals surface area contributed by atoms with Crippen molar-refractivity contribution in [3.63, 3.8) is 0 Å². The molecule has 7 nitrogen and oxygen atoms in total. The molecule has 0 amide bonds. The molecule has 0 saturated carbocycles. The smallest absolute Gasteiger partial charge is 0.333 e. The molecule has 1 fully saturated rings. The van der Waals surface area contributed by atoms with Crippen LogP contribution in [0, 0.1) is 17.0 Å². The topological polar surface area (TPSA) is 73.4 Å². The molecule has 0 N–H and O–H groups in total. The van der Waals surface area contributed by atoms with E-state index < -0.39 is 0 Å². The Kier molecular flexibility index (Phi) is 4.36. The Bertz CT molecular complexity index is 729. The Morgan fingerprint density at radius 3 is 2.74 bits per heavy atom. The van der Waals surface area contributed by atoms with Crippen LogP contribution in [-0.4, -0.2) is 34.4 Å². The van der Waals surface area contributed by atoms with E-state index in [1.54, 1.807) is 18.7 Å². The lowest BCUT2D eigenvalue weighted by Gasteiger charge is -2.33. The van der Waals surface area contributed by atoms with E-state index in [-0.39, 0.29) is 16.7 Å². The third-order valence-electron chi connectivity index (χ3n) is 3.95. The molecule has 2 heterocycles. The van der Waals surface area contributed by atoms with E-state index in [4.69, 9.17) is 4.74 Å². The van der Waals surface area contributed by atoms with Crippen molar-refractivity contribution in [2.24, 2.45) is 7.05 Å². The fourth-order valence-electron chi connectivity index (χ4n) is 2.92. The summed E-state index contributed by atoms with van der Waals surface area (Å²) in [4.78, 5) is 13.0. The number of hydrogen-bond acceptors (Lipinski definition) is 5. The molecule has 0 bridgehead atoms. The molecule has 122 valence electrons. The molecule has 1 aliphatic rings. The zero-order valence-corrected chi connectivity index (χ0v) is 14.5. The van der Waals surface area contributed by atoms with Crippen LogP contribution in [-0.2, 0) is 11.8 Å². The first-order valence-electron chi connectivity index (χ1n) is 7.27. The standard InChI is InChI=1S/C15H17BrN4O3/c1-10-14(20(21)22)15(18(2)17-10)19-7-8-23-13(9-19)11-3-5-12(16)6-4-11/h3-6,13H,7-9H2,1-2H3. The molecule has 0 radical (unpaired) electrons. The zero-order chi connectivity index (χ0) is 16.6. The van der Waals surface area contributed by atoms with Gasteiger partial charge in [-0.05, 0) is 24.6 Å². The number of morpholine rings is 1. The van der Waals surface area contributed by atoms with Gasteiger partial charge in [0.1, 0.15) is 11.8 Å². The van der Waals surface area contributed by atoms with Crippen molar-refractivity contribution in [2.75, 3.05) is 24.6 Å². The Morgan fingerprint density at radius 2 is 2.09 bits per heavy atom. The van der Waals surface area contributed by atoms with E-state index in [0.717, 1.165) is 10.0 Å². The fourth-order valence-corrected chi connectivity index (χ4v) is 3.19. The van der Waals surface area contributed by atoms with E-state index >= 15 is 0 Å². The maximum absolute atomic E-state index is 11.4. The first-order valence-corrected chi connectivity index (χ1v) is 8.06. The van der Waals surface area contributed by atoms with Crippen molar-refractivity contribution < 1.29 is 9.66 Å². The second kappa shape index (κ2) is 6.29.